The van der Waals surface area contributed by atoms with Crippen LogP contribution in [0.1, 0.15) is 26.3 Å². The van der Waals surface area contributed by atoms with Gasteiger partial charge in [-0.05, 0) is 52.6 Å². The van der Waals surface area contributed by atoms with Crippen molar-refractivity contribution < 1.29 is 25.8 Å². The van der Waals surface area contributed by atoms with Crippen LogP contribution in [0.2, 0.25) is 19.6 Å². The van der Waals surface area contributed by atoms with Gasteiger partial charge in [-0.3, -0.25) is 9.38 Å². The molecule has 6 aromatic carbocycles. The van der Waals surface area contributed by atoms with E-state index in [2.05, 4.69) is 170 Å². The molecule has 0 aliphatic carbocycles. The third-order valence-electron chi connectivity index (χ3n) is 11.0. The van der Waals surface area contributed by atoms with Crippen molar-refractivity contribution in [3.63, 3.8) is 0 Å². The SMILES string of the molecule is CC(C)(C)c1ccc2c(c1)nc1ncc3cnc(-c4[c-]c(Oc5[c-]c(-c6nc7ccccc7n6-c6ccccc6-c6ccccc6)ccc5[Si](C)(C)C)ccc4)cc3n12.[Pt+2]. The van der Waals surface area contributed by atoms with Crippen molar-refractivity contribution in [2.75, 3.05) is 0 Å². The van der Waals surface area contributed by atoms with Gasteiger partial charge in [0, 0.05) is 48.6 Å². The number of nitrogens with zero attached hydrogens (tertiary/aromatic N) is 6. The zero-order valence-electron chi connectivity index (χ0n) is 34.3. The third kappa shape index (κ3) is 7.04. The molecule has 0 saturated carbocycles. The second kappa shape index (κ2) is 15.1. The van der Waals surface area contributed by atoms with Crippen LogP contribution in [-0.4, -0.2) is 37.0 Å². The van der Waals surface area contributed by atoms with Gasteiger partial charge in [-0.2, -0.15) is 0 Å². The molecule has 296 valence electrons. The Morgan fingerprint density at radius 1 is 0.633 bits per heavy atom. The van der Waals surface area contributed by atoms with Crippen molar-refractivity contribution in [3.8, 4) is 51.0 Å². The van der Waals surface area contributed by atoms with Crippen molar-refractivity contribution in [2.45, 2.75) is 45.8 Å². The fourth-order valence-corrected chi connectivity index (χ4v) is 9.28. The van der Waals surface area contributed by atoms with E-state index >= 15 is 0 Å². The van der Waals surface area contributed by atoms with E-state index < -0.39 is 8.07 Å². The number of hydrogen-bond acceptors (Lipinski definition) is 5. The Balaban J connectivity index is 0.00000462. The third-order valence-corrected chi connectivity index (χ3v) is 13.0. The molecule has 0 fully saturated rings. The van der Waals surface area contributed by atoms with Crippen LogP contribution >= 0.6 is 0 Å². The van der Waals surface area contributed by atoms with E-state index in [4.69, 9.17) is 19.7 Å². The number of benzene rings is 6. The Labute approximate surface area is 365 Å². The molecule has 0 radical (unpaired) electrons. The number of ether oxygens (including phenoxy) is 1. The molecule has 0 N–H and O–H groups in total. The standard InChI is InChI=1S/C51H42N6OSi.Pt/c1-51(2,3)37-24-25-45-42(29-37)55-50-53-32-36-31-52-41(30-46(36)57(45)50)34-17-14-18-38(27-34)58-47-28-35(23-26-48(47)59(4,5)6)49-54-40-20-11-13-22-44(40)56(49)43-21-12-10-19-39(43)33-15-8-7-9-16-33;/h7-26,29-32H,1-6H3;/q-2;+2. The maximum absolute atomic E-state index is 6.85. The molecule has 0 saturated heterocycles. The van der Waals surface area contributed by atoms with E-state index in [1.54, 1.807) is 0 Å². The summed E-state index contributed by atoms with van der Waals surface area (Å²) in [7, 11) is -1.91. The zero-order valence-corrected chi connectivity index (χ0v) is 37.5. The molecule has 0 amide bonds. The van der Waals surface area contributed by atoms with Crippen LogP contribution in [0.4, 0.5) is 0 Å². The molecule has 10 rings (SSSR count). The van der Waals surface area contributed by atoms with Crippen LogP contribution in [0.3, 0.4) is 0 Å². The van der Waals surface area contributed by atoms with Crippen LogP contribution < -0.4 is 9.92 Å². The average Bonchev–Trinajstić information content (AvgIpc) is 3.82. The first-order valence-corrected chi connectivity index (χ1v) is 23.5. The molecule has 7 nitrogen and oxygen atoms in total. The van der Waals surface area contributed by atoms with Gasteiger partial charge < -0.3 is 14.3 Å². The van der Waals surface area contributed by atoms with Gasteiger partial charge in [-0.1, -0.05) is 131 Å². The second-order valence-corrected chi connectivity index (χ2v) is 22.2. The quantitative estimate of drug-likeness (QED) is 0.118. The van der Waals surface area contributed by atoms with E-state index in [0.717, 1.165) is 77.6 Å². The summed E-state index contributed by atoms with van der Waals surface area (Å²) in [5.74, 6) is 2.72. The molecule has 0 spiro atoms. The number of para-hydroxylation sites is 3. The van der Waals surface area contributed by atoms with Gasteiger partial charge in [0.1, 0.15) is 0 Å². The molecule has 4 heterocycles. The number of aromatic nitrogens is 6. The molecule has 10 aromatic rings. The van der Waals surface area contributed by atoms with Crippen molar-refractivity contribution in [2.24, 2.45) is 0 Å². The summed E-state index contributed by atoms with van der Waals surface area (Å²) in [6.45, 7) is 13.6. The molecule has 9 heteroatoms. The molecule has 0 bridgehead atoms. The molecule has 4 aromatic heterocycles. The van der Waals surface area contributed by atoms with Crippen LogP contribution in [0, 0.1) is 12.1 Å². The smallest absolute Gasteiger partial charge is 0.496 e. The largest absolute Gasteiger partial charge is 2.00 e. The number of imidazole rings is 2. The molecule has 0 aliphatic heterocycles. The maximum atomic E-state index is 6.85. The van der Waals surface area contributed by atoms with Crippen molar-refractivity contribution in [1.29, 1.82) is 0 Å². The predicted molar refractivity (Wildman–Crippen MR) is 243 cm³/mol. The summed E-state index contributed by atoms with van der Waals surface area (Å²) >= 11 is 0. The summed E-state index contributed by atoms with van der Waals surface area (Å²) in [6, 6.07) is 53.5. The van der Waals surface area contributed by atoms with Gasteiger partial charge in [0.05, 0.1) is 33.4 Å². The minimum absolute atomic E-state index is 0. The number of pyridine rings is 1. The first kappa shape index (κ1) is 39.3. The van der Waals surface area contributed by atoms with Crippen LogP contribution in [0.5, 0.6) is 11.5 Å². The summed E-state index contributed by atoms with van der Waals surface area (Å²) in [6.07, 6.45) is 3.72. The minimum atomic E-state index is -1.91. The number of rotatable bonds is 7. The Hall–Kier alpha value is -6.21. The number of fused-ring (bicyclic) bond motifs is 6. The molecule has 0 aliphatic rings. The van der Waals surface area contributed by atoms with E-state index in [1.165, 1.54) is 5.56 Å². The average molecular weight is 978 g/mol. The summed E-state index contributed by atoms with van der Waals surface area (Å²) in [5.41, 5.74) is 11.8. The Bertz CT molecular complexity index is 3230. The fourth-order valence-electron chi connectivity index (χ4n) is 7.90. The second-order valence-electron chi connectivity index (χ2n) is 17.1. The monoisotopic (exact) mass is 977 g/mol. The molecular weight excluding hydrogens is 936 g/mol. The maximum Gasteiger partial charge on any atom is 2.00 e. The van der Waals surface area contributed by atoms with Crippen molar-refractivity contribution in [3.05, 3.63) is 164 Å². The van der Waals surface area contributed by atoms with Crippen molar-refractivity contribution >= 4 is 52.0 Å². The zero-order chi connectivity index (χ0) is 40.5. The molecular formula is C51H42N6OPtSi. The minimum Gasteiger partial charge on any atom is -0.496 e. The Morgan fingerprint density at radius 3 is 2.22 bits per heavy atom. The molecule has 0 unspecified atom stereocenters. The van der Waals surface area contributed by atoms with Crippen LogP contribution in [0.25, 0.3) is 78.2 Å². The first-order valence-electron chi connectivity index (χ1n) is 20.0. The van der Waals surface area contributed by atoms with Gasteiger partial charge in [-0.15, -0.1) is 41.5 Å². The normalized spacial score (nSPS) is 12.0. The van der Waals surface area contributed by atoms with Gasteiger partial charge in [-0.25, -0.2) is 9.97 Å². The van der Waals surface area contributed by atoms with Gasteiger partial charge >= 0.3 is 21.1 Å². The number of hydrogen-bond donors (Lipinski definition) is 0. The fraction of sp³-hybridized carbons (Fsp3) is 0.137. The van der Waals surface area contributed by atoms with E-state index in [1.807, 2.05) is 42.7 Å². The summed E-state index contributed by atoms with van der Waals surface area (Å²) in [5, 5.41) is 2.09. The van der Waals surface area contributed by atoms with Crippen molar-refractivity contribution in [1.82, 2.24) is 28.9 Å². The Kier molecular flexibility index (Phi) is 9.89. The summed E-state index contributed by atoms with van der Waals surface area (Å²) < 4.78 is 11.2. The van der Waals surface area contributed by atoms with Gasteiger partial charge in [0.2, 0.25) is 5.78 Å². The Morgan fingerprint density at radius 2 is 1.40 bits per heavy atom. The van der Waals surface area contributed by atoms with Gasteiger partial charge in [0.15, 0.2) is 0 Å². The molecule has 0 atom stereocenters. The predicted octanol–water partition coefficient (Wildman–Crippen LogP) is 12.0. The summed E-state index contributed by atoms with van der Waals surface area (Å²) in [4.78, 5) is 19.7. The van der Waals surface area contributed by atoms with E-state index in [0.29, 0.717) is 17.3 Å². The van der Waals surface area contributed by atoms with E-state index in [9.17, 15) is 0 Å². The first-order chi connectivity index (χ1) is 28.5. The topological polar surface area (TPSA) is 70.1 Å². The molecule has 60 heavy (non-hydrogen) atoms. The van der Waals surface area contributed by atoms with Crippen LogP contribution in [0.15, 0.2) is 146 Å². The van der Waals surface area contributed by atoms with Crippen LogP contribution in [-0.2, 0) is 26.5 Å². The van der Waals surface area contributed by atoms with Gasteiger partial charge in [0.25, 0.3) is 0 Å². The van der Waals surface area contributed by atoms with E-state index in [-0.39, 0.29) is 26.5 Å².